The molecule has 1 saturated heterocycles. The van der Waals surface area contributed by atoms with Crippen molar-refractivity contribution in [3.8, 4) is 0 Å². The van der Waals surface area contributed by atoms with Crippen LogP contribution in [-0.2, 0) is 21.3 Å². The lowest BCUT2D eigenvalue weighted by Gasteiger charge is -2.28. The molecule has 1 fully saturated rings. The number of sulfonamides is 1. The van der Waals surface area contributed by atoms with Gasteiger partial charge in [0.05, 0.1) is 16.1 Å². The van der Waals surface area contributed by atoms with Crippen LogP contribution in [0, 0.1) is 0 Å². The Kier molecular flexibility index (Phi) is 4.19. The molecule has 1 aromatic carbocycles. The first-order valence-electron chi connectivity index (χ1n) is 7.05. The molecule has 0 saturated carbocycles. The predicted octanol–water partition coefficient (Wildman–Crippen LogP) is 1.77. The Morgan fingerprint density at radius 3 is 2.24 bits per heavy atom. The van der Waals surface area contributed by atoms with E-state index in [2.05, 4.69) is 33.0 Å². The Labute approximate surface area is 126 Å². The maximum Gasteiger partial charge on any atom is 0.238 e. The van der Waals surface area contributed by atoms with Gasteiger partial charge in [-0.3, -0.25) is 0 Å². The molecule has 1 aromatic rings. The summed E-state index contributed by atoms with van der Waals surface area (Å²) >= 11 is 0. The van der Waals surface area contributed by atoms with E-state index in [0.717, 1.165) is 12.0 Å². The van der Waals surface area contributed by atoms with Crippen LogP contribution in [-0.4, -0.2) is 25.7 Å². The van der Waals surface area contributed by atoms with E-state index in [1.54, 1.807) is 12.1 Å². The van der Waals surface area contributed by atoms with Crippen molar-refractivity contribution in [2.24, 2.45) is 5.14 Å². The second-order valence-electron chi connectivity index (χ2n) is 6.79. The minimum Gasteiger partial charge on any atom is -0.368 e. The number of nitrogens with two attached hydrogens (primary N) is 1. The predicted molar refractivity (Wildman–Crippen MR) is 82.3 cm³/mol. The minimum absolute atomic E-state index is 0.126. The number of hydrogen-bond acceptors (Lipinski definition) is 4. The number of ether oxygens (including phenoxy) is 1. The average molecular weight is 312 g/mol. The van der Waals surface area contributed by atoms with Gasteiger partial charge in [0.15, 0.2) is 0 Å². The van der Waals surface area contributed by atoms with Crippen molar-refractivity contribution in [1.82, 2.24) is 5.32 Å². The van der Waals surface area contributed by atoms with Gasteiger partial charge in [-0.25, -0.2) is 13.6 Å². The highest BCUT2D eigenvalue weighted by atomic mass is 32.2. The fourth-order valence-electron chi connectivity index (χ4n) is 2.92. The average Bonchev–Trinajstić information content (AvgIpc) is 2.53. The summed E-state index contributed by atoms with van der Waals surface area (Å²) < 4.78 is 28.5. The number of primary sulfonamides is 1. The molecule has 3 N–H and O–H groups in total. The molecular formula is C15H24N2O3S. The number of rotatable bonds is 4. The van der Waals surface area contributed by atoms with Crippen LogP contribution in [0.2, 0.25) is 0 Å². The van der Waals surface area contributed by atoms with E-state index in [9.17, 15) is 8.42 Å². The summed E-state index contributed by atoms with van der Waals surface area (Å²) in [5, 5.41) is 8.58. The van der Waals surface area contributed by atoms with E-state index in [1.165, 1.54) is 12.1 Å². The third-order valence-corrected chi connectivity index (χ3v) is 4.81. The molecule has 21 heavy (non-hydrogen) atoms. The zero-order valence-electron chi connectivity index (χ0n) is 13.0. The van der Waals surface area contributed by atoms with Crippen LogP contribution in [0.3, 0.4) is 0 Å². The number of hydrogen-bond donors (Lipinski definition) is 2. The second kappa shape index (κ2) is 5.35. The van der Waals surface area contributed by atoms with Crippen LogP contribution in [0.15, 0.2) is 29.2 Å². The molecule has 0 spiro atoms. The highest BCUT2D eigenvalue weighted by Crippen LogP contribution is 2.37. The second-order valence-corrected chi connectivity index (χ2v) is 8.35. The van der Waals surface area contributed by atoms with E-state index in [0.29, 0.717) is 6.54 Å². The molecule has 1 aliphatic heterocycles. The molecule has 1 unspecified atom stereocenters. The summed E-state index contributed by atoms with van der Waals surface area (Å²) in [5.41, 5.74) is 0.672. The van der Waals surface area contributed by atoms with Gasteiger partial charge in [-0.2, -0.15) is 0 Å². The van der Waals surface area contributed by atoms with Crippen LogP contribution in [0.5, 0.6) is 0 Å². The highest BCUT2D eigenvalue weighted by molar-refractivity contribution is 7.89. The van der Waals surface area contributed by atoms with Crippen LogP contribution < -0.4 is 10.5 Å². The van der Waals surface area contributed by atoms with Crippen LogP contribution in [0.1, 0.15) is 39.7 Å². The lowest BCUT2D eigenvalue weighted by Crippen LogP contribution is -2.42. The Balaban J connectivity index is 2.01. The third kappa shape index (κ3) is 4.03. The van der Waals surface area contributed by atoms with Gasteiger partial charge in [0.1, 0.15) is 0 Å². The van der Waals surface area contributed by atoms with Crippen molar-refractivity contribution in [2.75, 3.05) is 0 Å². The van der Waals surface area contributed by atoms with Gasteiger partial charge < -0.3 is 10.1 Å². The van der Waals surface area contributed by atoms with Gasteiger partial charge in [0.25, 0.3) is 0 Å². The van der Waals surface area contributed by atoms with Crippen LogP contribution in [0.25, 0.3) is 0 Å². The van der Waals surface area contributed by atoms with Gasteiger partial charge in [0, 0.05) is 12.6 Å². The molecule has 118 valence electrons. The van der Waals surface area contributed by atoms with Gasteiger partial charge in [0.2, 0.25) is 10.0 Å². The largest absolute Gasteiger partial charge is 0.368 e. The quantitative estimate of drug-likeness (QED) is 0.888. The van der Waals surface area contributed by atoms with Crippen molar-refractivity contribution in [1.29, 1.82) is 0 Å². The molecule has 2 rings (SSSR count). The molecule has 0 aliphatic carbocycles. The summed E-state index contributed by atoms with van der Waals surface area (Å²) in [5.74, 6) is 0. The first-order chi connectivity index (χ1) is 9.50. The van der Waals surface area contributed by atoms with Crippen molar-refractivity contribution >= 4 is 10.0 Å². The minimum atomic E-state index is -3.62. The normalized spacial score (nSPS) is 24.1. The first kappa shape index (κ1) is 16.4. The Morgan fingerprint density at radius 2 is 1.81 bits per heavy atom. The van der Waals surface area contributed by atoms with E-state index in [1.807, 2.05) is 0 Å². The summed E-state index contributed by atoms with van der Waals surface area (Å²) in [6.45, 7) is 9.03. The van der Waals surface area contributed by atoms with E-state index >= 15 is 0 Å². The van der Waals surface area contributed by atoms with E-state index in [-0.39, 0.29) is 22.1 Å². The van der Waals surface area contributed by atoms with Crippen LogP contribution >= 0.6 is 0 Å². The summed E-state index contributed by atoms with van der Waals surface area (Å²) in [7, 11) is -3.62. The molecule has 0 amide bonds. The maximum atomic E-state index is 11.2. The molecule has 1 atom stereocenters. The fourth-order valence-corrected chi connectivity index (χ4v) is 3.43. The summed E-state index contributed by atoms with van der Waals surface area (Å²) in [4.78, 5) is 0.136. The lowest BCUT2D eigenvalue weighted by molar-refractivity contribution is -0.0699. The fraction of sp³-hybridized carbons (Fsp3) is 0.600. The Morgan fingerprint density at radius 1 is 1.24 bits per heavy atom. The third-order valence-electron chi connectivity index (χ3n) is 3.88. The van der Waals surface area contributed by atoms with Crippen molar-refractivity contribution in [2.45, 2.75) is 62.8 Å². The highest BCUT2D eigenvalue weighted by Gasteiger charge is 2.45. The monoisotopic (exact) mass is 312 g/mol. The van der Waals surface area contributed by atoms with Crippen LogP contribution in [0.4, 0.5) is 0 Å². The molecule has 1 heterocycles. The molecular weight excluding hydrogens is 288 g/mol. The first-order valence-corrected chi connectivity index (χ1v) is 8.60. The standard InChI is InChI=1S/C15H24N2O3S/c1-14(2)9-13(15(3,4)20-14)17-10-11-5-7-12(8-6-11)21(16,18)19/h5-8,13,17H,9-10H2,1-4H3,(H2,16,18,19). The zero-order valence-corrected chi connectivity index (χ0v) is 13.8. The SMILES string of the molecule is CC1(C)CC(NCc2ccc(S(N)(=O)=O)cc2)C(C)(C)O1. The molecule has 0 bridgehead atoms. The zero-order chi connectivity index (χ0) is 15.9. The molecule has 5 nitrogen and oxygen atoms in total. The maximum absolute atomic E-state index is 11.2. The molecule has 1 aliphatic rings. The smallest absolute Gasteiger partial charge is 0.238 e. The summed E-state index contributed by atoms with van der Waals surface area (Å²) in [6, 6.07) is 6.88. The Bertz CT molecular complexity index is 606. The topological polar surface area (TPSA) is 81.4 Å². The molecule has 0 radical (unpaired) electrons. The van der Waals surface area contributed by atoms with Crippen molar-refractivity contribution in [3.05, 3.63) is 29.8 Å². The molecule has 0 aromatic heterocycles. The lowest BCUT2D eigenvalue weighted by atomic mass is 9.94. The molecule has 6 heteroatoms. The van der Waals surface area contributed by atoms with Gasteiger partial charge in [-0.05, 0) is 51.8 Å². The van der Waals surface area contributed by atoms with Gasteiger partial charge >= 0.3 is 0 Å². The number of nitrogens with one attached hydrogen (secondary N) is 1. The van der Waals surface area contributed by atoms with Crippen molar-refractivity contribution in [3.63, 3.8) is 0 Å². The van der Waals surface area contributed by atoms with E-state index in [4.69, 9.17) is 9.88 Å². The number of benzene rings is 1. The Hall–Kier alpha value is -0.950. The summed E-state index contributed by atoms with van der Waals surface area (Å²) in [6.07, 6.45) is 0.940. The van der Waals surface area contributed by atoms with E-state index < -0.39 is 10.0 Å². The van der Waals surface area contributed by atoms with Gasteiger partial charge in [-0.1, -0.05) is 12.1 Å². The van der Waals surface area contributed by atoms with Crippen molar-refractivity contribution < 1.29 is 13.2 Å². The van der Waals surface area contributed by atoms with Gasteiger partial charge in [-0.15, -0.1) is 0 Å².